The molecule has 1 N–H and O–H groups in total. The lowest BCUT2D eigenvalue weighted by atomic mass is 10.2. The van der Waals surface area contributed by atoms with Crippen LogP contribution in [0.15, 0.2) is 15.9 Å². The molecular weight excluding hydrogens is 314 g/mol. The van der Waals surface area contributed by atoms with Crippen LogP contribution in [0.25, 0.3) is 0 Å². The Labute approximate surface area is 112 Å². The van der Waals surface area contributed by atoms with Crippen LogP contribution in [0.2, 0.25) is 0 Å². The molecule has 0 aliphatic rings. The maximum atomic E-state index is 11.8. The molecule has 0 aliphatic heterocycles. The first-order valence-corrected chi connectivity index (χ1v) is 6.93. The van der Waals surface area contributed by atoms with Crippen LogP contribution in [0, 0.1) is 0 Å². The predicted molar refractivity (Wildman–Crippen MR) is 70.5 cm³/mol. The number of amides is 1. The van der Waals surface area contributed by atoms with Gasteiger partial charge in [0, 0.05) is 13.0 Å². The first-order valence-electron chi connectivity index (χ1n) is 4.78. The zero-order valence-electron chi connectivity index (χ0n) is 8.83. The highest BCUT2D eigenvalue weighted by molar-refractivity contribution is 9.11. The molecule has 0 aliphatic carbocycles. The molecule has 1 rings (SSSR count). The summed E-state index contributed by atoms with van der Waals surface area (Å²) in [5.74, 6) is 0.422. The minimum Gasteiger partial charge on any atom is -0.383 e. The Hall–Kier alpha value is -0.100. The first kappa shape index (κ1) is 14.0. The molecule has 0 spiro atoms. The summed E-state index contributed by atoms with van der Waals surface area (Å²) in [5.41, 5.74) is 0. The number of carbonyl (C=O) groups is 1. The van der Waals surface area contributed by atoms with E-state index in [9.17, 15) is 4.79 Å². The summed E-state index contributed by atoms with van der Waals surface area (Å²) in [4.78, 5) is 12.5. The minimum absolute atomic E-state index is 0.0316. The molecule has 0 fully saturated rings. The number of ether oxygens (including phenoxy) is 1. The van der Waals surface area contributed by atoms with E-state index in [0.717, 1.165) is 3.79 Å². The molecule has 3 nitrogen and oxygen atoms in total. The zero-order chi connectivity index (χ0) is 12.0. The number of carbonyl (C=O) groups excluding carboxylic acids is 1. The van der Waals surface area contributed by atoms with Crippen LogP contribution in [0.4, 0.5) is 0 Å². The predicted octanol–water partition coefficient (Wildman–Crippen LogP) is 2.88. The lowest BCUT2D eigenvalue weighted by Gasteiger charge is -2.15. The van der Waals surface area contributed by atoms with E-state index in [1.54, 1.807) is 13.2 Å². The maximum Gasteiger partial charge on any atom is 0.261 e. The Balaban J connectivity index is 2.54. The minimum atomic E-state index is -0.0807. The Morgan fingerprint density at radius 2 is 2.44 bits per heavy atom. The number of nitrogens with one attached hydrogen (secondary N) is 1. The van der Waals surface area contributed by atoms with Crippen molar-refractivity contribution in [2.75, 3.05) is 19.6 Å². The molecule has 1 heterocycles. The Bertz CT molecular complexity index is 339. The zero-order valence-corrected chi connectivity index (χ0v) is 12.0. The third kappa shape index (κ3) is 4.41. The average Bonchev–Trinajstić information content (AvgIpc) is 2.65. The number of alkyl halides is 1. The van der Waals surface area contributed by atoms with Crippen LogP contribution in [-0.4, -0.2) is 31.5 Å². The summed E-state index contributed by atoms with van der Waals surface area (Å²) in [6.45, 7) is 0.477. The smallest absolute Gasteiger partial charge is 0.261 e. The molecule has 1 atom stereocenters. The topological polar surface area (TPSA) is 38.3 Å². The molecule has 1 amide bonds. The van der Waals surface area contributed by atoms with Gasteiger partial charge in [0.2, 0.25) is 0 Å². The standard InChI is InChI=1S/C10H13BrClNO2S/c1-15-6-7(4-5-12)13-10(14)8-2-3-9(11)16-8/h2-3,7H,4-6H2,1H3,(H,13,14). The Morgan fingerprint density at radius 3 is 2.94 bits per heavy atom. The second-order valence-electron chi connectivity index (χ2n) is 3.21. The Kier molecular flexibility index (Phi) is 6.34. The highest BCUT2D eigenvalue weighted by Gasteiger charge is 2.14. The van der Waals surface area contributed by atoms with E-state index >= 15 is 0 Å². The van der Waals surface area contributed by atoms with Crippen molar-refractivity contribution < 1.29 is 9.53 Å². The fourth-order valence-corrected chi connectivity index (χ4v) is 2.78. The number of halogens is 2. The lowest BCUT2D eigenvalue weighted by molar-refractivity contribution is 0.0899. The molecule has 16 heavy (non-hydrogen) atoms. The van der Waals surface area contributed by atoms with Gasteiger partial charge in [0.05, 0.1) is 21.3 Å². The first-order chi connectivity index (χ1) is 7.67. The fourth-order valence-electron chi connectivity index (χ4n) is 1.22. The van der Waals surface area contributed by atoms with E-state index in [-0.39, 0.29) is 11.9 Å². The molecule has 1 aromatic rings. The van der Waals surface area contributed by atoms with Crippen molar-refractivity contribution in [2.24, 2.45) is 0 Å². The van der Waals surface area contributed by atoms with E-state index in [2.05, 4.69) is 21.2 Å². The monoisotopic (exact) mass is 325 g/mol. The molecule has 0 radical (unpaired) electrons. The quantitative estimate of drug-likeness (QED) is 0.816. The van der Waals surface area contributed by atoms with Gasteiger partial charge in [0.1, 0.15) is 0 Å². The van der Waals surface area contributed by atoms with Crippen molar-refractivity contribution in [1.29, 1.82) is 0 Å². The number of thiophene rings is 1. The van der Waals surface area contributed by atoms with E-state index in [0.29, 0.717) is 23.8 Å². The van der Waals surface area contributed by atoms with Gasteiger partial charge in [-0.1, -0.05) is 0 Å². The van der Waals surface area contributed by atoms with Crippen molar-refractivity contribution in [3.05, 3.63) is 20.8 Å². The van der Waals surface area contributed by atoms with Gasteiger partial charge in [0.25, 0.3) is 5.91 Å². The second-order valence-corrected chi connectivity index (χ2v) is 6.05. The van der Waals surface area contributed by atoms with E-state index < -0.39 is 0 Å². The molecule has 0 saturated heterocycles. The van der Waals surface area contributed by atoms with Gasteiger partial charge in [-0.3, -0.25) is 4.79 Å². The van der Waals surface area contributed by atoms with Gasteiger partial charge >= 0.3 is 0 Å². The van der Waals surface area contributed by atoms with Crippen LogP contribution in [0.5, 0.6) is 0 Å². The van der Waals surface area contributed by atoms with Gasteiger partial charge < -0.3 is 10.1 Å². The average molecular weight is 327 g/mol. The van der Waals surface area contributed by atoms with Gasteiger partial charge in [-0.15, -0.1) is 22.9 Å². The van der Waals surface area contributed by atoms with Crippen LogP contribution in [0.1, 0.15) is 16.1 Å². The van der Waals surface area contributed by atoms with Crippen LogP contribution >= 0.6 is 38.9 Å². The molecule has 6 heteroatoms. The Morgan fingerprint density at radius 1 is 1.69 bits per heavy atom. The van der Waals surface area contributed by atoms with Gasteiger partial charge in [-0.25, -0.2) is 0 Å². The molecule has 90 valence electrons. The summed E-state index contributed by atoms with van der Waals surface area (Å²) in [5, 5.41) is 2.89. The molecule has 0 bridgehead atoms. The summed E-state index contributed by atoms with van der Waals surface area (Å²) < 4.78 is 5.96. The van der Waals surface area contributed by atoms with Gasteiger partial charge in [-0.2, -0.15) is 0 Å². The number of rotatable bonds is 6. The molecular formula is C10H13BrClNO2S. The fraction of sp³-hybridized carbons (Fsp3) is 0.500. The number of hydrogen-bond acceptors (Lipinski definition) is 3. The highest BCUT2D eigenvalue weighted by atomic mass is 79.9. The molecule has 0 saturated carbocycles. The third-order valence-corrected chi connectivity index (χ3v) is 3.80. The van der Waals surface area contributed by atoms with E-state index in [1.807, 2.05) is 6.07 Å². The van der Waals surface area contributed by atoms with E-state index in [1.165, 1.54) is 11.3 Å². The van der Waals surface area contributed by atoms with Crippen molar-refractivity contribution >= 4 is 44.8 Å². The van der Waals surface area contributed by atoms with Crippen molar-refractivity contribution in [3.63, 3.8) is 0 Å². The summed E-state index contributed by atoms with van der Waals surface area (Å²) in [6.07, 6.45) is 0.702. The second kappa shape index (κ2) is 7.27. The molecule has 1 unspecified atom stereocenters. The molecule has 0 aromatic carbocycles. The third-order valence-electron chi connectivity index (χ3n) is 1.96. The molecule has 1 aromatic heterocycles. The maximum absolute atomic E-state index is 11.8. The highest BCUT2D eigenvalue weighted by Crippen LogP contribution is 2.21. The van der Waals surface area contributed by atoms with Crippen LogP contribution < -0.4 is 5.32 Å². The van der Waals surface area contributed by atoms with Crippen LogP contribution in [0.3, 0.4) is 0 Å². The SMILES string of the molecule is COCC(CCCl)NC(=O)c1ccc(Br)s1. The summed E-state index contributed by atoms with van der Waals surface area (Å²) >= 11 is 10.4. The summed E-state index contributed by atoms with van der Waals surface area (Å²) in [6, 6.07) is 3.61. The van der Waals surface area contributed by atoms with E-state index in [4.69, 9.17) is 16.3 Å². The van der Waals surface area contributed by atoms with Crippen LogP contribution in [-0.2, 0) is 4.74 Å². The number of methoxy groups -OCH3 is 1. The van der Waals surface area contributed by atoms with Crippen molar-refractivity contribution in [1.82, 2.24) is 5.32 Å². The van der Waals surface area contributed by atoms with Gasteiger partial charge in [0.15, 0.2) is 0 Å². The summed E-state index contributed by atoms with van der Waals surface area (Å²) in [7, 11) is 1.61. The van der Waals surface area contributed by atoms with Crippen molar-refractivity contribution in [3.8, 4) is 0 Å². The normalized spacial score (nSPS) is 12.4. The number of hydrogen-bond donors (Lipinski definition) is 1. The van der Waals surface area contributed by atoms with Crippen molar-refractivity contribution in [2.45, 2.75) is 12.5 Å². The van der Waals surface area contributed by atoms with Gasteiger partial charge in [-0.05, 0) is 34.5 Å². The largest absolute Gasteiger partial charge is 0.383 e. The lowest BCUT2D eigenvalue weighted by Crippen LogP contribution is -2.38.